The largest absolute Gasteiger partial charge is 0.820 e. The van der Waals surface area contributed by atoms with Crippen LogP contribution >= 0.6 is 25.8 Å². The summed E-state index contributed by atoms with van der Waals surface area (Å²) in [4.78, 5) is 99.0. The van der Waals surface area contributed by atoms with Gasteiger partial charge in [-0.15, -0.1) is 0 Å². The summed E-state index contributed by atoms with van der Waals surface area (Å²) in [7, 11) is -8.74. The predicted molar refractivity (Wildman–Crippen MR) is 255 cm³/mol. The summed E-state index contributed by atoms with van der Waals surface area (Å²) in [5, 5.41) is 32.9. The number of hydrogen-bond donors (Lipinski definition) is 3. The van der Waals surface area contributed by atoms with Gasteiger partial charge in [0.05, 0.1) is 33.6 Å². The van der Waals surface area contributed by atoms with Crippen molar-refractivity contribution >= 4 is 53.0 Å². The van der Waals surface area contributed by atoms with Crippen molar-refractivity contribution in [3.8, 4) is 0 Å². The molecule has 0 amide bonds. The fourth-order valence-electron chi connectivity index (χ4n) is 14.0. The van der Waals surface area contributed by atoms with Gasteiger partial charge in [-0.2, -0.15) is 25.8 Å². The molecule has 20 heteroatoms. The molecule has 0 spiro atoms. The van der Waals surface area contributed by atoms with Gasteiger partial charge in [0.15, 0.2) is 0 Å². The smallest absolute Gasteiger partial charge is 0.106 e. The molecule has 0 aliphatic heterocycles. The molecule has 69 heavy (non-hydrogen) atoms. The van der Waals surface area contributed by atoms with E-state index < -0.39 is 75.7 Å². The molecule has 6 aliphatic rings. The number of carbonyl (C=O) groups excluding carboxylic acids is 4. The Morgan fingerprint density at radius 1 is 0.333 bits per heavy atom. The summed E-state index contributed by atoms with van der Waals surface area (Å²) in [6, 6.07) is 0. The molecule has 16 nitrogen and oxygen atoms in total. The van der Waals surface area contributed by atoms with Crippen LogP contribution in [-0.2, 0) is 53.8 Å². The van der Waals surface area contributed by atoms with Crippen LogP contribution in [0.5, 0.6) is 0 Å². The molecular formula is C49H89O16P3W-6. The van der Waals surface area contributed by atoms with Crippen LogP contribution in [0.25, 0.3) is 0 Å². The quantitative estimate of drug-likeness (QED) is 0.203. The molecule has 0 radical (unpaired) electrons. The Morgan fingerprint density at radius 2 is 0.449 bits per heavy atom. The van der Waals surface area contributed by atoms with Gasteiger partial charge in [-0.1, -0.05) is 125 Å². The number of aliphatic hydroxyl groups is 3. The normalized spacial score (nSPS) is 26.1. The Balaban J connectivity index is 0. The summed E-state index contributed by atoms with van der Waals surface area (Å²) in [6.07, 6.45) is 8.13. The van der Waals surface area contributed by atoms with E-state index in [-0.39, 0.29) is 53.6 Å². The molecule has 0 heterocycles. The average Bonchev–Trinajstić information content (AvgIpc) is 3.09. The summed E-state index contributed by atoms with van der Waals surface area (Å²) < 4.78 is 16.1. The molecule has 6 rings (SSSR count). The molecule has 0 bridgehead atoms. The van der Waals surface area contributed by atoms with Gasteiger partial charge in [-0.25, -0.2) is 0 Å². The topological polar surface area (TPSA) is 295 Å². The minimum Gasteiger partial charge on any atom is -0.820 e. The zero-order valence-corrected chi connectivity index (χ0v) is 50.8. The maximum Gasteiger partial charge on any atom is 0.106 e. The first-order chi connectivity index (χ1) is 30.2. The van der Waals surface area contributed by atoms with Crippen LogP contribution < -0.4 is 29.4 Å². The van der Waals surface area contributed by atoms with Crippen molar-refractivity contribution in [1.82, 2.24) is 0 Å². The fraction of sp³-hybridized carbons (Fsp3) is 0.918. The summed E-state index contributed by atoms with van der Waals surface area (Å²) in [5.41, 5.74) is -6.04. The van der Waals surface area contributed by atoms with Gasteiger partial charge in [0.1, 0.15) is 27.2 Å². The molecule has 0 atom stereocenters. The van der Waals surface area contributed by atoms with Crippen LogP contribution in [0.15, 0.2) is 0 Å². The third-order valence-electron chi connectivity index (χ3n) is 16.9. The number of carbonyl (C=O) groups is 4. The van der Waals surface area contributed by atoms with Crippen molar-refractivity contribution in [3.63, 3.8) is 0 Å². The average molecular weight is 1210 g/mol. The molecule has 6 saturated carbocycles. The number of hydrogen-bond acceptors (Lipinski definition) is 16. The van der Waals surface area contributed by atoms with Crippen molar-refractivity contribution in [2.24, 2.45) is 48.7 Å². The Bertz CT molecular complexity index is 1390. The van der Waals surface area contributed by atoms with E-state index in [1.807, 2.05) is 68.7 Å². The molecule has 0 aromatic heterocycles. The third-order valence-corrected chi connectivity index (χ3v) is 18.4. The first-order valence-electron chi connectivity index (χ1n) is 23.1. The van der Waals surface area contributed by atoms with E-state index >= 15 is 0 Å². The van der Waals surface area contributed by atoms with Gasteiger partial charge in [0.2, 0.25) is 0 Å². The van der Waals surface area contributed by atoms with E-state index in [2.05, 4.69) is 83.1 Å². The molecule has 0 aromatic carbocycles. The van der Waals surface area contributed by atoms with Gasteiger partial charge in [0.25, 0.3) is 0 Å². The van der Waals surface area contributed by atoms with Crippen molar-refractivity contribution < 1.29 is 98.5 Å². The van der Waals surface area contributed by atoms with Crippen molar-refractivity contribution in [2.45, 2.75) is 235 Å². The van der Waals surface area contributed by atoms with Crippen LogP contribution in [0, 0.1) is 48.7 Å². The maximum atomic E-state index is 11.2. The Kier molecular flexibility index (Phi) is 24.4. The third kappa shape index (κ3) is 15.0. The molecule has 0 aromatic rings. The fourth-order valence-corrected chi connectivity index (χ4v) is 15.9. The van der Waals surface area contributed by atoms with Crippen LogP contribution in [-0.4, -0.2) is 76.1 Å². The second kappa shape index (κ2) is 23.6. The second-order valence-corrected chi connectivity index (χ2v) is 28.9. The monoisotopic (exact) mass is 1210 g/mol. The Hall–Kier alpha value is 0.178. The zero-order valence-electron chi connectivity index (χ0n) is 45.2. The van der Waals surface area contributed by atoms with Crippen molar-refractivity contribution in [2.75, 3.05) is 0 Å². The van der Waals surface area contributed by atoms with Crippen LogP contribution in [0.1, 0.15) is 202 Å². The van der Waals surface area contributed by atoms with Crippen LogP contribution in [0.3, 0.4) is 0 Å². The van der Waals surface area contributed by atoms with E-state index in [1.54, 1.807) is 0 Å². The first kappa shape index (κ1) is 71.3. The minimum absolute atomic E-state index is 0. The van der Waals surface area contributed by atoms with E-state index in [0.29, 0.717) is 77.0 Å². The number of rotatable bonds is 12. The van der Waals surface area contributed by atoms with E-state index in [4.69, 9.17) is 32.7 Å². The van der Waals surface area contributed by atoms with Crippen LogP contribution in [0.2, 0.25) is 0 Å². The van der Waals surface area contributed by atoms with Gasteiger partial charge in [0, 0.05) is 37.3 Å². The molecule has 3 N–H and O–H groups in total. The van der Waals surface area contributed by atoms with Gasteiger partial charge in [-0.05, 0) is 110 Å². The molecule has 0 unspecified atom stereocenters. The van der Waals surface area contributed by atoms with Gasteiger partial charge < -0.3 is 77.4 Å². The Labute approximate surface area is 433 Å². The van der Waals surface area contributed by atoms with Gasteiger partial charge >= 0.3 is 0 Å². The van der Waals surface area contributed by atoms with E-state index in [0.717, 1.165) is 0 Å². The van der Waals surface area contributed by atoms with Crippen molar-refractivity contribution in [3.05, 3.63) is 0 Å². The van der Waals surface area contributed by atoms with Gasteiger partial charge in [-0.3, -0.25) is 0 Å². The van der Waals surface area contributed by atoms with Crippen molar-refractivity contribution in [1.29, 1.82) is 0 Å². The molecule has 408 valence electrons. The molecule has 6 fully saturated rings. The van der Waals surface area contributed by atoms with Crippen LogP contribution in [0.4, 0.5) is 0 Å². The molecule has 0 saturated heterocycles. The summed E-state index contributed by atoms with van der Waals surface area (Å²) in [5.74, 6) is 0. The maximum absolute atomic E-state index is 11.2. The summed E-state index contributed by atoms with van der Waals surface area (Å²) >= 11 is 0. The first-order valence-corrected chi connectivity index (χ1v) is 26.4. The second-order valence-electron chi connectivity index (χ2n) is 27.0. The van der Waals surface area contributed by atoms with E-state index in [9.17, 15) is 44.7 Å². The molecule has 6 aliphatic carbocycles. The predicted octanol–water partition coefficient (Wildman–Crippen LogP) is 5.52. The Morgan fingerprint density at radius 3 is 0.536 bits per heavy atom. The van der Waals surface area contributed by atoms with E-state index in [1.165, 1.54) is 0 Å². The molecular weight excluding hydrogens is 1120 g/mol. The standard InChI is InChI=1S/3C15H27O4P.4CH2O.W/c3*1-11(2)7-14(16,8-11)13(5,6)15(19-20(17)18)9-12(3,4)10-15;4*1-2;/h3*16H,7-10H2,1-6H3;4*1H2;/q3*-2;;;;;. The zero-order chi connectivity index (χ0) is 54.8. The SMILES string of the molecule is C=O.C=O.C=O.C=O.CC1(C)CC(O)(C(C)(C)C2(OP([O-])[O-])CC(C)(C)C2)C1.CC1(C)CC(O)(C(C)(C)C2(OP([O-])[O-])CC(C)(C)C2)C1.CC1(C)CC(O)(C(C)(C)C2(OP([O-])[O-])CC(C)(C)C2)C1.[W]. The minimum atomic E-state index is -2.91. The summed E-state index contributed by atoms with van der Waals surface area (Å²) in [6.45, 7) is 45.2.